The zero-order valence-corrected chi connectivity index (χ0v) is 10.6. The lowest BCUT2D eigenvalue weighted by Gasteiger charge is -2.13. The molecule has 0 spiro atoms. The van der Waals surface area contributed by atoms with Crippen molar-refractivity contribution in [1.82, 2.24) is 4.98 Å². The normalized spacial score (nSPS) is 10.4. The van der Waals surface area contributed by atoms with Crippen molar-refractivity contribution in [2.45, 2.75) is 0 Å². The van der Waals surface area contributed by atoms with Crippen molar-refractivity contribution in [3.8, 4) is 5.75 Å². The van der Waals surface area contributed by atoms with Gasteiger partial charge in [-0.05, 0) is 29.7 Å². The summed E-state index contributed by atoms with van der Waals surface area (Å²) in [5, 5.41) is 5.58. The van der Waals surface area contributed by atoms with Gasteiger partial charge in [-0.1, -0.05) is 24.3 Å². The van der Waals surface area contributed by atoms with Crippen molar-refractivity contribution in [2.75, 3.05) is 12.4 Å². The van der Waals surface area contributed by atoms with Crippen LogP contribution in [0.5, 0.6) is 5.75 Å². The minimum Gasteiger partial charge on any atom is -0.495 e. The summed E-state index contributed by atoms with van der Waals surface area (Å²) in [7, 11) is 1.67. The molecule has 0 unspecified atom stereocenters. The molecule has 0 aliphatic carbocycles. The minimum atomic E-state index is 0.810. The van der Waals surface area contributed by atoms with Gasteiger partial charge in [0.2, 0.25) is 0 Å². The van der Waals surface area contributed by atoms with Gasteiger partial charge in [0.15, 0.2) is 0 Å². The Labute approximate surface area is 111 Å². The Bertz CT molecular complexity index is 695. The number of para-hydroxylation sites is 1. The molecule has 0 saturated heterocycles. The zero-order valence-electron chi connectivity index (χ0n) is 10.6. The number of fused-ring (bicyclic) bond motifs is 1. The Morgan fingerprint density at radius 3 is 2.63 bits per heavy atom. The highest BCUT2D eigenvalue weighted by Crippen LogP contribution is 2.34. The number of hydrogen-bond donors (Lipinski definition) is 1. The van der Waals surface area contributed by atoms with Gasteiger partial charge in [-0.3, -0.25) is 4.98 Å². The second-order valence-corrected chi connectivity index (χ2v) is 4.23. The van der Waals surface area contributed by atoms with Crippen molar-refractivity contribution < 1.29 is 4.74 Å². The number of nitrogens with one attached hydrogen (secondary N) is 1. The third-order valence-electron chi connectivity index (χ3n) is 3.05. The molecule has 1 heterocycles. The number of methoxy groups -OCH3 is 1. The van der Waals surface area contributed by atoms with Crippen molar-refractivity contribution in [2.24, 2.45) is 0 Å². The Balaban J connectivity index is 2.15. The molecular formula is C16H14N2O. The molecule has 0 atom stereocenters. The zero-order chi connectivity index (χ0) is 13.1. The van der Waals surface area contributed by atoms with Crippen molar-refractivity contribution in [1.29, 1.82) is 0 Å². The molecule has 94 valence electrons. The fourth-order valence-electron chi connectivity index (χ4n) is 2.11. The molecule has 0 bridgehead atoms. The molecule has 3 heteroatoms. The average molecular weight is 250 g/mol. The van der Waals surface area contributed by atoms with Crippen LogP contribution in [0.3, 0.4) is 0 Å². The van der Waals surface area contributed by atoms with Gasteiger partial charge in [0, 0.05) is 23.5 Å². The molecule has 3 aromatic rings. The number of rotatable bonds is 3. The Hall–Kier alpha value is -2.55. The predicted octanol–water partition coefficient (Wildman–Crippen LogP) is 3.99. The summed E-state index contributed by atoms with van der Waals surface area (Å²) in [5.41, 5.74) is 1.97. The topological polar surface area (TPSA) is 34.1 Å². The highest BCUT2D eigenvalue weighted by molar-refractivity contribution is 5.97. The van der Waals surface area contributed by atoms with E-state index in [0.717, 1.165) is 27.9 Å². The first-order valence-electron chi connectivity index (χ1n) is 6.11. The highest BCUT2D eigenvalue weighted by Gasteiger charge is 2.08. The van der Waals surface area contributed by atoms with Crippen LogP contribution in [0.15, 0.2) is 60.9 Å². The predicted molar refractivity (Wildman–Crippen MR) is 78.0 cm³/mol. The summed E-state index contributed by atoms with van der Waals surface area (Å²) < 4.78 is 5.44. The van der Waals surface area contributed by atoms with E-state index in [-0.39, 0.29) is 0 Å². The van der Waals surface area contributed by atoms with E-state index in [2.05, 4.69) is 10.3 Å². The molecule has 2 aromatic carbocycles. The van der Waals surface area contributed by atoms with E-state index < -0.39 is 0 Å². The van der Waals surface area contributed by atoms with Gasteiger partial charge in [-0.15, -0.1) is 0 Å². The Kier molecular flexibility index (Phi) is 3.02. The fourth-order valence-corrected chi connectivity index (χ4v) is 2.11. The van der Waals surface area contributed by atoms with Crippen LogP contribution in [0, 0.1) is 0 Å². The van der Waals surface area contributed by atoms with Crippen LogP contribution in [0.25, 0.3) is 10.8 Å². The monoisotopic (exact) mass is 250 g/mol. The van der Waals surface area contributed by atoms with Crippen LogP contribution in [0.1, 0.15) is 0 Å². The maximum absolute atomic E-state index is 5.44. The lowest BCUT2D eigenvalue weighted by atomic mass is 10.1. The fraction of sp³-hybridized carbons (Fsp3) is 0.0625. The van der Waals surface area contributed by atoms with E-state index in [4.69, 9.17) is 4.74 Å². The van der Waals surface area contributed by atoms with Gasteiger partial charge in [-0.25, -0.2) is 0 Å². The van der Waals surface area contributed by atoms with Gasteiger partial charge in [0.1, 0.15) is 5.75 Å². The Morgan fingerprint density at radius 2 is 1.84 bits per heavy atom. The maximum atomic E-state index is 5.44. The van der Waals surface area contributed by atoms with Crippen LogP contribution in [0.4, 0.5) is 11.4 Å². The molecule has 1 N–H and O–H groups in total. The van der Waals surface area contributed by atoms with Gasteiger partial charge >= 0.3 is 0 Å². The smallest absolute Gasteiger partial charge is 0.143 e. The van der Waals surface area contributed by atoms with E-state index in [0.29, 0.717) is 0 Å². The van der Waals surface area contributed by atoms with Crippen LogP contribution in [-0.4, -0.2) is 12.1 Å². The van der Waals surface area contributed by atoms with Crippen molar-refractivity contribution in [3.63, 3.8) is 0 Å². The maximum Gasteiger partial charge on any atom is 0.143 e. The molecule has 1 aromatic heterocycles. The Morgan fingerprint density at radius 1 is 1.00 bits per heavy atom. The number of nitrogens with zero attached hydrogens (tertiary/aromatic N) is 1. The molecule has 0 amide bonds. The van der Waals surface area contributed by atoms with E-state index in [1.54, 1.807) is 13.3 Å². The summed E-state index contributed by atoms with van der Waals surface area (Å²) in [6.07, 6.45) is 3.64. The van der Waals surface area contributed by atoms with Gasteiger partial charge < -0.3 is 10.1 Å². The van der Waals surface area contributed by atoms with Gasteiger partial charge in [0.25, 0.3) is 0 Å². The molecule has 3 rings (SSSR count). The van der Waals surface area contributed by atoms with Crippen LogP contribution < -0.4 is 10.1 Å². The molecular weight excluding hydrogens is 236 g/mol. The summed E-state index contributed by atoms with van der Waals surface area (Å²) in [6.45, 7) is 0. The summed E-state index contributed by atoms with van der Waals surface area (Å²) in [6, 6.07) is 16.0. The first-order valence-corrected chi connectivity index (χ1v) is 6.11. The van der Waals surface area contributed by atoms with Crippen LogP contribution in [-0.2, 0) is 0 Å². The van der Waals surface area contributed by atoms with E-state index in [9.17, 15) is 0 Å². The molecule has 19 heavy (non-hydrogen) atoms. The van der Waals surface area contributed by atoms with Crippen LogP contribution >= 0.6 is 0 Å². The molecule has 0 fully saturated rings. The number of anilines is 2. The standard InChI is InChI=1S/C16H14N2O/c1-19-15-8-7-12-9-10-17-11-14(12)16(15)18-13-5-3-2-4-6-13/h2-11,18H,1H3. The van der Waals surface area contributed by atoms with E-state index in [1.807, 2.05) is 54.7 Å². The number of ether oxygens (including phenoxy) is 1. The molecule has 0 radical (unpaired) electrons. The van der Waals surface area contributed by atoms with Gasteiger partial charge in [-0.2, -0.15) is 0 Å². The minimum absolute atomic E-state index is 0.810. The number of aromatic nitrogens is 1. The lowest BCUT2D eigenvalue weighted by molar-refractivity contribution is 0.417. The highest BCUT2D eigenvalue weighted by atomic mass is 16.5. The third-order valence-corrected chi connectivity index (χ3v) is 3.05. The van der Waals surface area contributed by atoms with E-state index in [1.165, 1.54) is 0 Å². The molecule has 0 aliphatic heterocycles. The third kappa shape index (κ3) is 2.22. The van der Waals surface area contributed by atoms with Gasteiger partial charge in [0.05, 0.1) is 12.8 Å². The summed E-state index contributed by atoms with van der Waals surface area (Å²) >= 11 is 0. The lowest BCUT2D eigenvalue weighted by Crippen LogP contribution is -1.96. The largest absolute Gasteiger partial charge is 0.495 e. The quantitative estimate of drug-likeness (QED) is 0.763. The number of pyridine rings is 1. The first-order chi connectivity index (χ1) is 9.38. The summed E-state index contributed by atoms with van der Waals surface area (Å²) in [5.74, 6) is 0.810. The molecule has 0 saturated carbocycles. The van der Waals surface area contributed by atoms with Crippen molar-refractivity contribution >= 4 is 22.1 Å². The molecule has 0 aliphatic rings. The number of benzene rings is 2. The number of hydrogen-bond acceptors (Lipinski definition) is 3. The van der Waals surface area contributed by atoms with Crippen molar-refractivity contribution in [3.05, 3.63) is 60.9 Å². The second kappa shape index (κ2) is 4.98. The first kappa shape index (κ1) is 11.5. The SMILES string of the molecule is COc1ccc2ccncc2c1Nc1ccccc1. The average Bonchev–Trinajstić information content (AvgIpc) is 2.49. The molecule has 3 nitrogen and oxygen atoms in total. The second-order valence-electron chi connectivity index (χ2n) is 4.23. The van der Waals surface area contributed by atoms with E-state index >= 15 is 0 Å². The summed E-state index contributed by atoms with van der Waals surface area (Å²) in [4.78, 5) is 4.20. The van der Waals surface area contributed by atoms with Crippen LogP contribution in [0.2, 0.25) is 0 Å².